The van der Waals surface area contributed by atoms with Gasteiger partial charge in [-0.25, -0.2) is 14.8 Å². The number of halogens is 1. The van der Waals surface area contributed by atoms with Gasteiger partial charge in [0.15, 0.2) is 0 Å². The van der Waals surface area contributed by atoms with E-state index in [1.807, 2.05) is 0 Å². The molecule has 0 bridgehead atoms. The maximum absolute atomic E-state index is 11.2. The second-order valence-electron chi connectivity index (χ2n) is 4.72. The summed E-state index contributed by atoms with van der Waals surface area (Å²) in [6, 6.07) is 0. The van der Waals surface area contributed by atoms with Crippen LogP contribution in [0.5, 0.6) is 0 Å². The number of nitrogens with zero attached hydrogens (tertiary/aromatic N) is 2. The van der Waals surface area contributed by atoms with Crippen LogP contribution in [0, 0.1) is 5.41 Å². The van der Waals surface area contributed by atoms with Crippen molar-refractivity contribution in [2.45, 2.75) is 27.2 Å². The maximum Gasteiger partial charge on any atom is 0.342 e. The molecule has 0 N–H and O–H groups in total. The van der Waals surface area contributed by atoms with Gasteiger partial charge in [0.2, 0.25) is 0 Å². The SMILES string of the molecule is COC(=O)c1cnc(CC(C)(C)C)nc1Cl. The van der Waals surface area contributed by atoms with E-state index in [2.05, 4.69) is 35.5 Å². The molecule has 1 rings (SSSR count). The smallest absolute Gasteiger partial charge is 0.342 e. The van der Waals surface area contributed by atoms with Crippen molar-refractivity contribution in [2.75, 3.05) is 7.11 Å². The van der Waals surface area contributed by atoms with E-state index >= 15 is 0 Å². The molecule has 1 heterocycles. The van der Waals surface area contributed by atoms with Crippen molar-refractivity contribution in [3.8, 4) is 0 Å². The van der Waals surface area contributed by atoms with Crippen LogP contribution in [0.15, 0.2) is 6.20 Å². The van der Waals surface area contributed by atoms with E-state index in [0.29, 0.717) is 12.2 Å². The Balaban J connectivity index is 2.96. The molecule has 0 radical (unpaired) electrons. The Labute approximate surface area is 100 Å². The number of esters is 1. The standard InChI is InChI=1S/C11H15ClN2O2/c1-11(2,3)5-8-13-6-7(9(12)14-8)10(15)16-4/h6H,5H2,1-4H3. The van der Waals surface area contributed by atoms with Crippen molar-refractivity contribution in [1.29, 1.82) is 0 Å². The topological polar surface area (TPSA) is 52.1 Å². The van der Waals surface area contributed by atoms with E-state index in [-0.39, 0.29) is 16.1 Å². The predicted molar refractivity (Wildman–Crippen MR) is 61.5 cm³/mol. The molecule has 0 atom stereocenters. The first-order chi connectivity index (χ1) is 7.33. The Morgan fingerprint density at radius 3 is 2.56 bits per heavy atom. The van der Waals surface area contributed by atoms with Gasteiger partial charge in [0.05, 0.1) is 7.11 Å². The fourth-order valence-electron chi connectivity index (χ4n) is 1.20. The Hall–Kier alpha value is -1.16. The molecule has 0 aliphatic carbocycles. The van der Waals surface area contributed by atoms with Crippen LogP contribution in [-0.4, -0.2) is 23.0 Å². The fraction of sp³-hybridized carbons (Fsp3) is 0.545. The molecular weight excluding hydrogens is 228 g/mol. The number of ether oxygens (including phenoxy) is 1. The highest BCUT2D eigenvalue weighted by atomic mass is 35.5. The monoisotopic (exact) mass is 242 g/mol. The largest absolute Gasteiger partial charge is 0.465 e. The number of carbonyl (C=O) groups is 1. The summed E-state index contributed by atoms with van der Waals surface area (Å²) >= 11 is 5.88. The first-order valence-corrected chi connectivity index (χ1v) is 5.31. The summed E-state index contributed by atoms with van der Waals surface area (Å²) in [7, 11) is 1.29. The molecule has 0 aliphatic rings. The minimum absolute atomic E-state index is 0.0795. The molecule has 0 fully saturated rings. The lowest BCUT2D eigenvalue weighted by Crippen LogP contribution is -2.13. The third-order valence-corrected chi connectivity index (χ3v) is 2.17. The zero-order valence-corrected chi connectivity index (χ0v) is 10.6. The lowest BCUT2D eigenvalue weighted by atomic mass is 9.92. The van der Waals surface area contributed by atoms with Crippen LogP contribution in [0.4, 0.5) is 0 Å². The van der Waals surface area contributed by atoms with Gasteiger partial charge in [-0.3, -0.25) is 0 Å². The van der Waals surface area contributed by atoms with Gasteiger partial charge in [-0.2, -0.15) is 0 Å². The lowest BCUT2D eigenvalue weighted by molar-refractivity contribution is 0.0600. The second kappa shape index (κ2) is 4.78. The summed E-state index contributed by atoms with van der Waals surface area (Å²) in [5.74, 6) is 0.109. The molecular formula is C11H15ClN2O2. The van der Waals surface area contributed by atoms with E-state index in [1.165, 1.54) is 13.3 Å². The maximum atomic E-state index is 11.2. The van der Waals surface area contributed by atoms with Gasteiger partial charge in [-0.15, -0.1) is 0 Å². The molecule has 0 saturated carbocycles. The van der Waals surface area contributed by atoms with Crippen molar-refractivity contribution in [1.82, 2.24) is 9.97 Å². The number of carbonyl (C=O) groups excluding carboxylic acids is 1. The molecule has 1 aromatic heterocycles. The number of aromatic nitrogens is 2. The molecule has 16 heavy (non-hydrogen) atoms. The van der Waals surface area contributed by atoms with Gasteiger partial charge in [0.25, 0.3) is 0 Å². The van der Waals surface area contributed by atoms with E-state index in [1.54, 1.807) is 0 Å². The molecule has 1 aromatic rings. The molecule has 88 valence electrons. The second-order valence-corrected chi connectivity index (χ2v) is 5.08. The average Bonchev–Trinajstić information content (AvgIpc) is 2.14. The van der Waals surface area contributed by atoms with Gasteiger partial charge in [-0.05, 0) is 5.41 Å². The van der Waals surface area contributed by atoms with E-state index < -0.39 is 5.97 Å². The molecule has 0 unspecified atom stereocenters. The first kappa shape index (κ1) is 12.9. The Bertz CT molecular complexity index is 399. The third-order valence-electron chi connectivity index (χ3n) is 1.89. The summed E-state index contributed by atoms with van der Waals surface area (Å²) in [6.45, 7) is 6.25. The van der Waals surface area contributed by atoms with Crippen molar-refractivity contribution in [3.05, 3.63) is 22.7 Å². The Morgan fingerprint density at radius 2 is 2.12 bits per heavy atom. The predicted octanol–water partition coefficient (Wildman–Crippen LogP) is 2.51. The van der Waals surface area contributed by atoms with Crippen LogP contribution in [0.1, 0.15) is 37.0 Å². The summed E-state index contributed by atoms with van der Waals surface area (Å²) in [5, 5.41) is 0.140. The Morgan fingerprint density at radius 1 is 1.50 bits per heavy atom. The normalized spacial score (nSPS) is 11.3. The zero-order chi connectivity index (χ0) is 12.3. The zero-order valence-electron chi connectivity index (χ0n) is 9.87. The van der Waals surface area contributed by atoms with Crippen LogP contribution >= 0.6 is 11.6 Å². The van der Waals surface area contributed by atoms with Crippen molar-refractivity contribution >= 4 is 17.6 Å². The van der Waals surface area contributed by atoms with Crippen LogP contribution in [0.25, 0.3) is 0 Å². The quantitative estimate of drug-likeness (QED) is 0.591. The summed E-state index contributed by atoms with van der Waals surface area (Å²) in [6.07, 6.45) is 2.11. The number of hydrogen-bond donors (Lipinski definition) is 0. The van der Waals surface area contributed by atoms with E-state index in [0.717, 1.165) is 0 Å². The molecule has 0 saturated heterocycles. The molecule has 5 heteroatoms. The fourth-order valence-corrected chi connectivity index (χ4v) is 1.42. The Kier molecular flexibility index (Phi) is 3.86. The van der Waals surface area contributed by atoms with Crippen LogP contribution < -0.4 is 0 Å². The molecule has 4 nitrogen and oxygen atoms in total. The van der Waals surface area contributed by atoms with Crippen molar-refractivity contribution < 1.29 is 9.53 Å². The van der Waals surface area contributed by atoms with Crippen LogP contribution in [0.2, 0.25) is 5.15 Å². The van der Waals surface area contributed by atoms with Gasteiger partial charge in [-0.1, -0.05) is 32.4 Å². The van der Waals surface area contributed by atoms with Crippen LogP contribution in [0.3, 0.4) is 0 Å². The van der Waals surface area contributed by atoms with Gasteiger partial charge >= 0.3 is 5.97 Å². The van der Waals surface area contributed by atoms with Crippen molar-refractivity contribution in [2.24, 2.45) is 5.41 Å². The number of rotatable bonds is 2. The third kappa shape index (κ3) is 3.45. The summed E-state index contributed by atoms with van der Waals surface area (Å²) in [5.41, 5.74) is 0.276. The highest BCUT2D eigenvalue weighted by molar-refractivity contribution is 6.32. The van der Waals surface area contributed by atoms with Gasteiger partial charge in [0, 0.05) is 12.6 Å². The summed E-state index contributed by atoms with van der Waals surface area (Å²) in [4.78, 5) is 19.4. The van der Waals surface area contributed by atoms with Crippen LogP contribution in [-0.2, 0) is 11.2 Å². The number of methoxy groups -OCH3 is 1. The van der Waals surface area contributed by atoms with E-state index in [9.17, 15) is 4.79 Å². The molecule has 0 aromatic carbocycles. The summed E-state index contributed by atoms with van der Waals surface area (Å²) < 4.78 is 4.55. The number of hydrogen-bond acceptors (Lipinski definition) is 4. The highest BCUT2D eigenvalue weighted by Gasteiger charge is 2.17. The first-order valence-electron chi connectivity index (χ1n) is 4.93. The van der Waals surface area contributed by atoms with Gasteiger partial charge < -0.3 is 4.74 Å². The minimum Gasteiger partial charge on any atom is -0.465 e. The molecule has 0 amide bonds. The lowest BCUT2D eigenvalue weighted by Gasteiger charge is -2.16. The van der Waals surface area contributed by atoms with Gasteiger partial charge in [0.1, 0.15) is 16.5 Å². The van der Waals surface area contributed by atoms with E-state index in [4.69, 9.17) is 11.6 Å². The highest BCUT2D eigenvalue weighted by Crippen LogP contribution is 2.20. The minimum atomic E-state index is -0.521. The molecule has 0 aliphatic heterocycles. The van der Waals surface area contributed by atoms with Crippen molar-refractivity contribution in [3.63, 3.8) is 0 Å². The molecule has 0 spiro atoms. The average molecular weight is 243 g/mol.